The van der Waals surface area contributed by atoms with Gasteiger partial charge in [0.25, 0.3) is 5.91 Å². The highest BCUT2D eigenvalue weighted by Crippen LogP contribution is 2.40. The molecule has 2 aromatic carbocycles. The molecule has 144 valence electrons. The van der Waals surface area contributed by atoms with Crippen molar-refractivity contribution < 1.29 is 9.18 Å². The van der Waals surface area contributed by atoms with Crippen LogP contribution in [0, 0.1) is 5.82 Å². The van der Waals surface area contributed by atoms with Crippen LogP contribution in [0.4, 0.5) is 4.39 Å². The molecule has 1 aliphatic carbocycles. The molecule has 0 saturated heterocycles. The predicted molar refractivity (Wildman–Crippen MR) is 114 cm³/mol. The third-order valence-corrected chi connectivity index (χ3v) is 6.05. The van der Waals surface area contributed by atoms with Crippen LogP contribution in [0.25, 0.3) is 0 Å². The molecule has 1 saturated carbocycles. The fourth-order valence-electron chi connectivity index (χ4n) is 4.06. The molecule has 1 aliphatic heterocycles. The summed E-state index contributed by atoms with van der Waals surface area (Å²) in [5.74, 6) is -0.500. The highest BCUT2D eigenvalue weighted by atomic mass is 35.5. The Bertz CT molecular complexity index is 949. The Hall–Kier alpha value is -2.11. The van der Waals surface area contributed by atoms with Crippen molar-refractivity contribution in [3.63, 3.8) is 0 Å². The van der Waals surface area contributed by atoms with Crippen molar-refractivity contribution in [3.05, 3.63) is 70.5 Å². The van der Waals surface area contributed by atoms with E-state index >= 15 is 0 Å². The number of rotatable bonds is 2. The maximum absolute atomic E-state index is 13.5. The fraction of sp³-hybridized carbons (Fsp3) is 0.318. The van der Waals surface area contributed by atoms with Gasteiger partial charge in [-0.25, -0.2) is 4.39 Å². The average Bonchev–Trinajstić information content (AvgIpc) is 2.82. The van der Waals surface area contributed by atoms with Crippen LogP contribution in [-0.2, 0) is 0 Å². The van der Waals surface area contributed by atoms with Crippen LogP contribution in [0.2, 0.25) is 5.02 Å². The van der Waals surface area contributed by atoms with E-state index in [1.54, 1.807) is 41.3 Å². The third kappa shape index (κ3) is 3.49. The monoisotopic (exact) mass is 414 g/mol. The van der Waals surface area contributed by atoms with Crippen molar-refractivity contribution in [2.75, 3.05) is 0 Å². The standard InChI is InChI=1S/C22H20ClFN2OS/c23-17-7-5-6-16(14-17)20(27)26-21(28)19(15-8-10-18(24)11-9-15)25-22(26)12-3-1-2-4-13-22/h5-11,14H,1-4,12-13H2. The SMILES string of the molecule is O=C(c1cccc(Cl)c1)N1C(=S)C(c2ccc(F)cc2)=NC12CCCCCC2. The van der Waals surface area contributed by atoms with Crippen LogP contribution in [-0.4, -0.2) is 27.2 Å². The molecule has 0 bridgehead atoms. The lowest BCUT2D eigenvalue weighted by Gasteiger charge is -2.35. The van der Waals surface area contributed by atoms with E-state index in [0.29, 0.717) is 21.3 Å². The van der Waals surface area contributed by atoms with E-state index in [0.717, 1.165) is 44.1 Å². The summed E-state index contributed by atoms with van der Waals surface area (Å²) in [6, 6.07) is 13.0. The highest BCUT2D eigenvalue weighted by Gasteiger charge is 2.48. The number of hydrogen-bond acceptors (Lipinski definition) is 3. The first-order valence-electron chi connectivity index (χ1n) is 9.50. The van der Waals surface area contributed by atoms with Gasteiger partial charge in [0.1, 0.15) is 22.2 Å². The summed E-state index contributed by atoms with van der Waals surface area (Å²) in [5, 5.41) is 0.505. The quantitative estimate of drug-likeness (QED) is 0.581. The molecule has 3 nitrogen and oxygen atoms in total. The van der Waals surface area contributed by atoms with Gasteiger partial charge in [-0.3, -0.25) is 14.7 Å². The van der Waals surface area contributed by atoms with Crippen LogP contribution >= 0.6 is 23.8 Å². The predicted octanol–water partition coefficient (Wildman–Crippen LogP) is 5.80. The van der Waals surface area contributed by atoms with Gasteiger partial charge in [0.15, 0.2) is 0 Å². The van der Waals surface area contributed by atoms with Crippen molar-refractivity contribution in [1.29, 1.82) is 0 Å². The van der Waals surface area contributed by atoms with E-state index in [-0.39, 0.29) is 11.7 Å². The Morgan fingerprint density at radius 2 is 1.75 bits per heavy atom. The average molecular weight is 415 g/mol. The second-order valence-electron chi connectivity index (χ2n) is 7.32. The van der Waals surface area contributed by atoms with Crippen molar-refractivity contribution in [2.24, 2.45) is 4.99 Å². The molecule has 0 radical (unpaired) electrons. The minimum atomic E-state index is -0.670. The molecule has 1 fully saturated rings. The van der Waals surface area contributed by atoms with Crippen LogP contribution in [0.5, 0.6) is 0 Å². The molecule has 4 rings (SSSR count). The first-order valence-corrected chi connectivity index (χ1v) is 10.3. The number of aliphatic imine (C=N–C) groups is 1. The Morgan fingerprint density at radius 1 is 1.07 bits per heavy atom. The zero-order valence-electron chi connectivity index (χ0n) is 15.3. The Kier molecular flexibility index (Phi) is 5.30. The molecule has 1 amide bonds. The molecule has 2 aliphatic rings. The van der Waals surface area contributed by atoms with E-state index in [1.807, 2.05) is 0 Å². The van der Waals surface area contributed by atoms with Gasteiger partial charge in [-0.1, -0.05) is 42.7 Å². The van der Waals surface area contributed by atoms with E-state index in [2.05, 4.69) is 0 Å². The Morgan fingerprint density at radius 3 is 2.39 bits per heavy atom. The number of benzene rings is 2. The molecule has 1 spiro atoms. The summed E-state index contributed by atoms with van der Waals surface area (Å²) >= 11 is 11.8. The van der Waals surface area contributed by atoms with Crippen molar-refractivity contribution in [2.45, 2.75) is 44.2 Å². The zero-order chi connectivity index (χ0) is 19.7. The molecular weight excluding hydrogens is 395 g/mol. The summed E-state index contributed by atoms with van der Waals surface area (Å²) in [5.41, 5.74) is 1.15. The molecule has 6 heteroatoms. The third-order valence-electron chi connectivity index (χ3n) is 5.44. The number of nitrogens with zero attached hydrogens (tertiary/aromatic N) is 2. The molecule has 2 aromatic rings. The molecule has 28 heavy (non-hydrogen) atoms. The summed E-state index contributed by atoms with van der Waals surface area (Å²) in [7, 11) is 0. The van der Waals surface area contributed by atoms with Gasteiger partial charge in [-0.15, -0.1) is 0 Å². The van der Waals surface area contributed by atoms with Gasteiger partial charge < -0.3 is 0 Å². The molecule has 1 heterocycles. The van der Waals surface area contributed by atoms with Gasteiger partial charge >= 0.3 is 0 Å². The van der Waals surface area contributed by atoms with Crippen molar-refractivity contribution in [3.8, 4) is 0 Å². The van der Waals surface area contributed by atoms with Gasteiger partial charge in [-0.2, -0.15) is 0 Å². The van der Waals surface area contributed by atoms with Crippen molar-refractivity contribution >= 4 is 40.4 Å². The molecule has 0 N–H and O–H groups in total. The molecular formula is C22H20ClFN2OS. The maximum atomic E-state index is 13.5. The highest BCUT2D eigenvalue weighted by molar-refractivity contribution is 7.82. The second-order valence-corrected chi connectivity index (χ2v) is 8.14. The van der Waals surface area contributed by atoms with E-state index in [9.17, 15) is 9.18 Å². The van der Waals surface area contributed by atoms with Gasteiger partial charge in [0.2, 0.25) is 0 Å². The number of halogens is 2. The summed E-state index contributed by atoms with van der Waals surface area (Å²) in [6.45, 7) is 0. The number of carbonyl (C=O) groups is 1. The summed E-state index contributed by atoms with van der Waals surface area (Å²) in [6.07, 6.45) is 5.75. The minimum absolute atomic E-state index is 0.185. The fourth-order valence-corrected chi connectivity index (χ4v) is 4.67. The van der Waals surface area contributed by atoms with Crippen LogP contribution in [0.15, 0.2) is 53.5 Å². The van der Waals surface area contributed by atoms with E-state index in [4.69, 9.17) is 28.8 Å². The zero-order valence-corrected chi connectivity index (χ0v) is 16.9. The lowest BCUT2D eigenvalue weighted by atomic mass is 9.99. The molecule has 0 atom stereocenters. The lowest BCUT2D eigenvalue weighted by Crippen LogP contribution is -2.49. The van der Waals surface area contributed by atoms with Crippen LogP contribution < -0.4 is 0 Å². The molecule has 0 aromatic heterocycles. The second kappa shape index (κ2) is 7.72. The first-order chi connectivity index (χ1) is 13.5. The van der Waals surface area contributed by atoms with E-state index in [1.165, 1.54) is 12.1 Å². The largest absolute Gasteiger partial charge is 0.271 e. The topological polar surface area (TPSA) is 32.7 Å². The minimum Gasteiger partial charge on any atom is -0.271 e. The normalized spacial score (nSPS) is 18.9. The molecule has 0 unspecified atom stereocenters. The van der Waals surface area contributed by atoms with Gasteiger partial charge in [0, 0.05) is 16.1 Å². The van der Waals surface area contributed by atoms with E-state index < -0.39 is 5.66 Å². The summed E-state index contributed by atoms with van der Waals surface area (Å²) < 4.78 is 13.4. The maximum Gasteiger partial charge on any atom is 0.261 e. The lowest BCUT2D eigenvalue weighted by molar-refractivity contribution is 0.0692. The van der Waals surface area contributed by atoms with Gasteiger partial charge in [-0.05, 0) is 68.1 Å². The van der Waals surface area contributed by atoms with Crippen molar-refractivity contribution in [1.82, 2.24) is 4.90 Å². The van der Waals surface area contributed by atoms with Gasteiger partial charge in [0.05, 0.1) is 0 Å². The summed E-state index contributed by atoms with van der Waals surface area (Å²) in [4.78, 5) is 20.5. The first kappa shape index (κ1) is 19.2. The number of hydrogen-bond donors (Lipinski definition) is 0. The smallest absolute Gasteiger partial charge is 0.261 e. The Labute approximate surface area is 174 Å². The van der Waals surface area contributed by atoms with Crippen LogP contribution in [0.3, 0.4) is 0 Å². The number of carbonyl (C=O) groups excluding carboxylic acids is 1. The van der Waals surface area contributed by atoms with Crippen LogP contribution in [0.1, 0.15) is 54.4 Å². The Balaban J connectivity index is 1.78. The number of amides is 1. The number of thiocarbonyl (C=S) groups is 1.